The molecule has 0 aromatic heterocycles. The molecule has 0 spiro atoms. The van der Waals surface area contributed by atoms with Crippen molar-refractivity contribution in [1.82, 2.24) is 9.80 Å². The molecular formula is C25H27N3O5S. The van der Waals surface area contributed by atoms with E-state index >= 15 is 0 Å². The second-order valence-corrected chi connectivity index (χ2v) is 9.06. The minimum atomic E-state index is -0.0543. The summed E-state index contributed by atoms with van der Waals surface area (Å²) in [5.74, 6) is 1.85. The van der Waals surface area contributed by atoms with Gasteiger partial charge in [0.05, 0.1) is 30.9 Å². The summed E-state index contributed by atoms with van der Waals surface area (Å²) in [5.41, 5.74) is 1.58. The van der Waals surface area contributed by atoms with Crippen molar-refractivity contribution in [1.29, 1.82) is 0 Å². The first-order valence-corrected chi connectivity index (χ1v) is 12.2. The maximum atomic E-state index is 13.5. The Hall–Kier alpha value is -3.01. The van der Waals surface area contributed by atoms with Crippen LogP contribution >= 0.6 is 11.8 Å². The molecule has 9 heteroatoms. The zero-order valence-electron chi connectivity index (χ0n) is 19.1. The Balaban J connectivity index is 1.39. The minimum Gasteiger partial charge on any atom is -0.496 e. The van der Waals surface area contributed by atoms with Crippen molar-refractivity contribution in [3.05, 3.63) is 52.9 Å². The van der Waals surface area contributed by atoms with Crippen molar-refractivity contribution < 1.29 is 23.7 Å². The van der Waals surface area contributed by atoms with Crippen LogP contribution in [0.1, 0.15) is 12.0 Å². The lowest BCUT2D eigenvalue weighted by Gasteiger charge is -2.27. The number of para-hydroxylation sites is 1. The molecule has 0 N–H and O–H groups in total. The number of benzene rings is 2. The fourth-order valence-corrected chi connectivity index (χ4v) is 5.06. The maximum Gasteiger partial charge on any atom is 0.266 e. The number of nitrogens with zero attached hydrogens (tertiary/aromatic N) is 3. The molecular weight excluding hydrogens is 454 g/mol. The van der Waals surface area contributed by atoms with E-state index in [2.05, 4.69) is 4.90 Å². The second kappa shape index (κ2) is 10.5. The van der Waals surface area contributed by atoms with Crippen LogP contribution in [0.3, 0.4) is 0 Å². The summed E-state index contributed by atoms with van der Waals surface area (Å²) in [6.45, 7) is 5.10. The van der Waals surface area contributed by atoms with E-state index in [0.29, 0.717) is 33.9 Å². The SMILES string of the molecule is COc1cc2c(cc1C=C1SC(=Nc3ccccc3)N(CCCN3CCOCC3)C1=O)OCO2. The van der Waals surface area contributed by atoms with E-state index in [1.54, 1.807) is 18.1 Å². The Morgan fingerprint density at radius 1 is 1.09 bits per heavy atom. The number of ether oxygens (including phenoxy) is 4. The minimum absolute atomic E-state index is 0.0543. The van der Waals surface area contributed by atoms with Crippen molar-refractivity contribution in [3.8, 4) is 17.2 Å². The largest absolute Gasteiger partial charge is 0.496 e. The fraction of sp³-hybridized carbons (Fsp3) is 0.360. The van der Waals surface area contributed by atoms with Crippen molar-refractivity contribution >= 4 is 34.6 Å². The highest BCUT2D eigenvalue weighted by atomic mass is 32.2. The molecule has 2 fully saturated rings. The zero-order chi connectivity index (χ0) is 23.3. The Kier molecular flexibility index (Phi) is 7.03. The second-order valence-electron chi connectivity index (χ2n) is 8.05. The summed E-state index contributed by atoms with van der Waals surface area (Å²) < 4.78 is 21.9. The predicted molar refractivity (Wildman–Crippen MR) is 132 cm³/mol. The number of hydrogen-bond acceptors (Lipinski definition) is 8. The van der Waals surface area contributed by atoms with Crippen LogP contribution in [0.5, 0.6) is 17.2 Å². The van der Waals surface area contributed by atoms with E-state index in [1.807, 2.05) is 42.5 Å². The first-order chi connectivity index (χ1) is 16.7. The number of hydrogen-bond donors (Lipinski definition) is 0. The molecule has 0 atom stereocenters. The van der Waals surface area contributed by atoms with Gasteiger partial charge in [-0.25, -0.2) is 4.99 Å². The topological polar surface area (TPSA) is 72.8 Å². The molecule has 0 bridgehead atoms. The van der Waals surface area contributed by atoms with Crippen LogP contribution < -0.4 is 14.2 Å². The molecule has 0 saturated carbocycles. The van der Waals surface area contributed by atoms with E-state index in [-0.39, 0.29) is 12.7 Å². The number of fused-ring (bicyclic) bond motifs is 1. The highest BCUT2D eigenvalue weighted by Crippen LogP contribution is 2.41. The third kappa shape index (κ3) is 5.06. The summed E-state index contributed by atoms with van der Waals surface area (Å²) in [6, 6.07) is 13.3. The molecule has 0 radical (unpaired) electrons. The summed E-state index contributed by atoms with van der Waals surface area (Å²) in [4.78, 5) is 23.0. The van der Waals surface area contributed by atoms with Gasteiger partial charge in [-0.3, -0.25) is 14.6 Å². The Morgan fingerprint density at radius 2 is 1.85 bits per heavy atom. The third-order valence-electron chi connectivity index (χ3n) is 5.84. The van der Waals surface area contributed by atoms with Crippen molar-refractivity contribution in [2.75, 3.05) is 53.3 Å². The van der Waals surface area contributed by atoms with E-state index in [9.17, 15) is 4.79 Å². The monoisotopic (exact) mass is 481 g/mol. The third-order valence-corrected chi connectivity index (χ3v) is 6.85. The summed E-state index contributed by atoms with van der Waals surface area (Å²) in [5, 5.41) is 0.684. The number of morpholine rings is 1. The molecule has 3 aliphatic heterocycles. The Morgan fingerprint density at radius 3 is 2.62 bits per heavy atom. The summed E-state index contributed by atoms with van der Waals surface area (Å²) >= 11 is 1.38. The van der Waals surface area contributed by atoms with Crippen LogP contribution in [-0.4, -0.2) is 74.2 Å². The Bertz CT molecular complexity index is 1100. The van der Waals surface area contributed by atoms with E-state index in [4.69, 9.17) is 23.9 Å². The van der Waals surface area contributed by atoms with Crippen molar-refractivity contribution in [2.45, 2.75) is 6.42 Å². The van der Waals surface area contributed by atoms with E-state index in [0.717, 1.165) is 50.5 Å². The molecule has 5 rings (SSSR count). The molecule has 0 unspecified atom stereocenters. The maximum absolute atomic E-state index is 13.5. The quantitative estimate of drug-likeness (QED) is 0.558. The highest BCUT2D eigenvalue weighted by Gasteiger charge is 2.33. The normalized spacial score (nSPS) is 20.5. The smallest absolute Gasteiger partial charge is 0.266 e. The number of carbonyl (C=O) groups excluding carboxylic acids is 1. The van der Waals surface area contributed by atoms with Crippen LogP contribution in [0.2, 0.25) is 0 Å². The number of thioether (sulfide) groups is 1. The standard InChI is InChI=1S/C25H27N3O5S/c1-30-20-16-22-21(32-17-33-22)14-18(20)15-23-24(29)28(9-5-8-27-10-12-31-13-11-27)25(34-23)26-19-6-3-2-4-7-19/h2-4,6-7,14-16H,5,8-13,17H2,1H3. The molecule has 0 aliphatic carbocycles. The molecule has 34 heavy (non-hydrogen) atoms. The van der Waals surface area contributed by atoms with Crippen LogP contribution in [0.15, 0.2) is 52.4 Å². The van der Waals surface area contributed by atoms with Gasteiger partial charge in [-0.15, -0.1) is 0 Å². The first-order valence-electron chi connectivity index (χ1n) is 11.3. The van der Waals surface area contributed by atoms with Crippen LogP contribution in [0, 0.1) is 0 Å². The molecule has 3 aliphatic rings. The molecule has 1 amide bonds. The number of amidine groups is 1. The number of rotatable bonds is 7. The van der Waals surface area contributed by atoms with Gasteiger partial charge < -0.3 is 18.9 Å². The number of aliphatic imine (C=N–C) groups is 1. The van der Waals surface area contributed by atoms with Gasteiger partial charge in [-0.05, 0) is 42.5 Å². The van der Waals surface area contributed by atoms with Crippen LogP contribution in [0.25, 0.3) is 6.08 Å². The lowest BCUT2D eigenvalue weighted by atomic mass is 10.1. The Labute approximate surface area is 203 Å². The first kappa shape index (κ1) is 22.8. The van der Waals surface area contributed by atoms with Gasteiger partial charge in [0, 0.05) is 37.8 Å². The highest BCUT2D eigenvalue weighted by molar-refractivity contribution is 8.18. The van der Waals surface area contributed by atoms with Gasteiger partial charge in [-0.1, -0.05) is 18.2 Å². The molecule has 2 aromatic rings. The van der Waals surface area contributed by atoms with Crippen LogP contribution in [0.4, 0.5) is 5.69 Å². The van der Waals surface area contributed by atoms with Gasteiger partial charge in [-0.2, -0.15) is 0 Å². The van der Waals surface area contributed by atoms with Crippen molar-refractivity contribution in [3.63, 3.8) is 0 Å². The van der Waals surface area contributed by atoms with Gasteiger partial charge in [0.15, 0.2) is 16.7 Å². The van der Waals surface area contributed by atoms with Crippen LogP contribution in [-0.2, 0) is 9.53 Å². The van der Waals surface area contributed by atoms with E-state index in [1.165, 1.54) is 11.8 Å². The molecule has 178 valence electrons. The molecule has 2 aromatic carbocycles. The lowest BCUT2D eigenvalue weighted by molar-refractivity contribution is -0.122. The summed E-state index contributed by atoms with van der Waals surface area (Å²) in [6.07, 6.45) is 2.71. The van der Waals surface area contributed by atoms with Crippen molar-refractivity contribution in [2.24, 2.45) is 4.99 Å². The van der Waals surface area contributed by atoms with Gasteiger partial charge in [0.25, 0.3) is 5.91 Å². The average Bonchev–Trinajstić information content (AvgIpc) is 3.44. The molecule has 2 saturated heterocycles. The van der Waals surface area contributed by atoms with Gasteiger partial charge in [0.2, 0.25) is 6.79 Å². The molecule has 8 nitrogen and oxygen atoms in total. The molecule has 3 heterocycles. The zero-order valence-corrected chi connectivity index (χ0v) is 19.9. The lowest BCUT2D eigenvalue weighted by Crippen LogP contribution is -2.38. The average molecular weight is 482 g/mol. The predicted octanol–water partition coefficient (Wildman–Crippen LogP) is 3.75. The number of amides is 1. The number of carbonyl (C=O) groups is 1. The number of methoxy groups -OCH3 is 1. The van der Waals surface area contributed by atoms with Gasteiger partial charge in [0.1, 0.15) is 5.75 Å². The summed E-state index contributed by atoms with van der Waals surface area (Å²) in [7, 11) is 1.60. The van der Waals surface area contributed by atoms with Gasteiger partial charge >= 0.3 is 0 Å². The fourth-order valence-electron chi connectivity index (χ4n) is 4.05. The van der Waals surface area contributed by atoms with E-state index < -0.39 is 0 Å².